The van der Waals surface area contributed by atoms with Crippen LogP contribution in [0.15, 0.2) is 24.3 Å². The molecule has 0 spiro atoms. The number of benzene rings is 1. The van der Waals surface area contributed by atoms with Gasteiger partial charge in [0.1, 0.15) is 0 Å². The second kappa shape index (κ2) is 9.48. The average Bonchev–Trinajstić information content (AvgIpc) is 2.92. The minimum Gasteiger partial charge on any atom is -0.465 e. The lowest BCUT2D eigenvalue weighted by Crippen LogP contribution is -2.42. The van der Waals surface area contributed by atoms with Crippen LogP contribution < -0.4 is 4.90 Å². The van der Waals surface area contributed by atoms with Crippen molar-refractivity contribution in [2.24, 2.45) is 0 Å². The zero-order chi connectivity index (χ0) is 19.1. The Labute approximate surface area is 155 Å². The van der Waals surface area contributed by atoms with Gasteiger partial charge in [-0.05, 0) is 37.2 Å². The third-order valence-corrected chi connectivity index (χ3v) is 4.68. The number of hydrogen-bond donors (Lipinski definition) is 0. The van der Waals surface area contributed by atoms with E-state index >= 15 is 0 Å². The monoisotopic (exact) mass is 360 g/mol. The quantitative estimate of drug-likeness (QED) is 0.385. The van der Waals surface area contributed by atoms with Crippen LogP contribution in [0, 0.1) is 0 Å². The van der Waals surface area contributed by atoms with E-state index in [0.29, 0.717) is 12.3 Å². The number of carbonyl (C=O) groups is 3. The number of amides is 2. The zero-order valence-corrected chi connectivity index (χ0v) is 15.9. The van der Waals surface area contributed by atoms with Gasteiger partial charge in [-0.1, -0.05) is 39.3 Å². The molecular weight excluding hydrogens is 332 g/mol. The fraction of sp³-hybridized carbons (Fsp3) is 0.550. The highest BCUT2D eigenvalue weighted by Gasteiger charge is 2.41. The fourth-order valence-electron chi connectivity index (χ4n) is 3.15. The van der Waals surface area contributed by atoms with E-state index in [2.05, 4.69) is 0 Å². The van der Waals surface area contributed by atoms with Gasteiger partial charge in [0.2, 0.25) is 5.91 Å². The van der Waals surface area contributed by atoms with E-state index in [1.165, 1.54) is 4.90 Å². The molecule has 1 unspecified atom stereocenters. The van der Waals surface area contributed by atoms with Gasteiger partial charge in [0.15, 0.2) is 0 Å². The molecule has 0 N–H and O–H groups in total. The summed E-state index contributed by atoms with van der Waals surface area (Å²) < 4.78 is 5.15. The van der Waals surface area contributed by atoms with Gasteiger partial charge in [-0.2, -0.15) is 0 Å². The summed E-state index contributed by atoms with van der Waals surface area (Å²) in [6, 6.07) is 6.58. The number of imide groups is 1. The first-order valence-corrected chi connectivity index (χ1v) is 9.37. The van der Waals surface area contributed by atoms with E-state index in [4.69, 9.17) is 4.74 Å². The fourth-order valence-corrected chi connectivity index (χ4v) is 3.15. The van der Waals surface area contributed by atoms with Crippen molar-refractivity contribution in [3.8, 4) is 0 Å². The summed E-state index contributed by atoms with van der Waals surface area (Å²) in [5.74, 6) is -0.620. The summed E-state index contributed by atoms with van der Waals surface area (Å²) >= 11 is 0. The van der Waals surface area contributed by atoms with Crippen LogP contribution in [-0.2, 0) is 25.5 Å². The van der Waals surface area contributed by atoms with Gasteiger partial charge in [0.05, 0.1) is 31.2 Å². The van der Waals surface area contributed by atoms with Gasteiger partial charge in [-0.25, -0.2) is 4.90 Å². The minimum atomic E-state index is -0.384. The normalized spacial score (nSPS) is 17.2. The second-order valence-electron chi connectivity index (χ2n) is 6.43. The Balaban J connectivity index is 2.02. The largest absolute Gasteiger partial charge is 0.465 e. The molecule has 0 saturated carbocycles. The van der Waals surface area contributed by atoms with Gasteiger partial charge in [0.25, 0.3) is 5.91 Å². The lowest BCUT2D eigenvalue weighted by Gasteiger charge is -2.24. The molecule has 1 heterocycles. The van der Waals surface area contributed by atoms with Crippen molar-refractivity contribution >= 4 is 23.5 Å². The van der Waals surface area contributed by atoms with E-state index in [9.17, 15) is 14.4 Å². The molecule has 1 atom stereocenters. The lowest BCUT2D eigenvalue weighted by molar-refractivity contribution is -0.143. The van der Waals surface area contributed by atoms with Gasteiger partial charge in [-0.3, -0.25) is 19.3 Å². The topological polar surface area (TPSA) is 66.9 Å². The van der Waals surface area contributed by atoms with Gasteiger partial charge < -0.3 is 4.74 Å². The van der Waals surface area contributed by atoms with Gasteiger partial charge in [0, 0.05) is 0 Å². The van der Waals surface area contributed by atoms with Crippen LogP contribution >= 0.6 is 0 Å². The number of nitrogens with zero attached hydrogens (tertiary/aromatic N) is 2. The van der Waals surface area contributed by atoms with Crippen molar-refractivity contribution in [3.63, 3.8) is 0 Å². The molecule has 0 aromatic heterocycles. The maximum Gasteiger partial charge on any atom is 0.310 e. The Morgan fingerprint density at radius 3 is 2.38 bits per heavy atom. The van der Waals surface area contributed by atoms with Crippen LogP contribution in [0.4, 0.5) is 5.69 Å². The van der Waals surface area contributed by atoms with E-state index < -0.39 is 0 Å². The number of anilines is 1. The Morgan fingerprint density at radius 2 is 1.81 bits per heavy atom. The molecule has 1 aromatic carbocycles. The Bertz CT molecular complexity index is 638. The smallest absolute Gasteiger partial charge is 0.310 e. The first-order chi connectivity index (χ1) is 12.5. The number of likely N-dealkylation sites (N-methyl/N-ethyl adjacent to an activating group) is 1. The molecule has 0 radical (unpaired) electrons. The van der Waals surface area contributed by atoms with E-state index in [-0.39, 0.29) is 36.7 Å². The molecule has 142 valence electrons. The number of rotatable bonds is 9. The van der Waals surface area contributed by atoms with E-state index in [0.717, 1.165) is 31.5 Å². The Hall–Kier alpha value is -2.21. The second-order valence-corrected chi connectivity index (χ2v) is 6.43. The van der Waals surface area contributed by atoms with Crippen LogP contribution in [0.5, 0.6) is 0 Å². The lowest BCUT2D eigenvalue weighted by atomic mass is 10.1. The zero-order valence-electron chi connectivity index (χ0n) is 15.9. The maximum absolute atomic E-state index is 12.7. The van der Waals surface area contributed by atoms with E-state index in [1.54, 1.807) is 24.3 Å². The number of ether oxygens (including phenoxy) is 1. The van der Waals surface area contributed by atoms with Crippen molar-refractivity contribution in [1.29, 1.82) is 0 Å². The highest BCUT2D eigenvalue weighted by molar-refractivity contribution is 6.22. The third-order valence-electron chi connectivity index (χ3n) is 4.68. The SMILES string of the molecule is CCCCOC(=O)Cc1ccc(N2C(=O)CC(N(CC)CC)C2=O)cc1. The predicted octanol–water partition coefficient (Wildman–Crippen LogP) is 2.55. The molecule has 1 aromatic rings. The molecule has 26 heavy (non-hydrogen) atoms. The Morgan fingerprint density at radius 1 is 1.15 bits per heavy atom. The van der Waals surface area contributed by atoms with Crippen LogP contribution in [0.1, 0.15) is 45.6 Å². The Kier molecular flexibility index (Phi) is 7.33. The molecule has 2 amide bonds. The average molecular weight is 360 g/mol. The number of hydrogen-bond acceptors (Lipinski definition) is 5. The van der Waals surface area contributed by atoms with Crippen molar-refractivity contribution < 1.29 is 19.1 Å². The van der Waals surface area contributed by atoms with Crippen molar-refractivity contribution in [2.45, 2.75) is 52.5 Å². The highest BCUT2D eigenvalue weighted by atomic mass is 16.5. The molecule has 2 rings (SSSR count). The highest BCUT2D eigenvalue weighted by Crippen LogP contribution is 2.26. The maximum atomic E-state index is 12.7. The summed E-state index contributed by atoms with van der Waals surface area (Å²) in [6.07, 6.45) is 2.24. The summed E-state index contributed by atoms with van der Waals surface area (Å²) in [5.41, 5.74) is 1.35. The molecule has 1 aliphatic heterocycles. The first-order valence-electron chi connectivity index (χ1n) is 9.37. The van der Waals surface area contributed by atoms with Gasteiger partial charge >= 0.3 is 5.97 Å². The van der Waals surface area contributed by atoms with Crippen LogP contribution in [0.3, 0.4) is 0 Å². The van der Waals surface area contributed by atoms with Gasteiger partial charge in [-0.15, -0.1) is 0 Å². The number of unbranched alkanes of at least 4 members (excludes halogenated alkanes) is 1. The minimum absolute atomic E-state index is 0.176. The molecule has 6 heteroatoms. The van der Waals surface area contributed by atoms with Crippen molar-refractivity contribution in [2.75, 3.05) is 24.6 Å². The van der Waals surface area contributed by atoms with Crippen LogP contribution in [-0.4, -0.2) is 48.4 Å². The van der Waals surface area contributed by atoms with E-state index in [1.807, 2.05) is 25.7 Å². The molecule has 0 aliphatic carbocycles. The molecular formula is C20H28N2O4. The third kappa shape index (κ3) is 4.69. The van der Waals surface area contributed by atoms with Crippen molar-refractivity contribution in [1.82, 2.24) is 4.90 Å². The molecule has 1 aliphatic rings. The molecule has 1 saturated heterocycles. The number of carbonyl (C=O) groups excluding carboxylic acids is 3. The predicted molar refractivity (Wildman–Crippen MR) is 99.8 cm³/mol. The summed E-state index contributed by atoms with van der Waals surface area (Å²) in [7, 11) is 0. The molecule has 0 bridgehead atoms. The summed E-state index contributed by atoms with van der Waals surface area (Å²) in [6.45, 7) is 7.91. The van der Waals surface area contributed by atoms with Crippen molar-refractivity contribution in [3.05, 3.63) is 29.8 Å². The summed E-state index contributed by atoms with van der Waals surface area (Å²) in [5, 5.41) is 0. The first kappa shape index (κ1) is 20.1. The van der Waals surface area contributed by atoms with Crippen LogP contribution in [0.25, 0.3) is 0 Å². The standard InChI is InChI=1S/C20H28N2O4/c1-4-7-12-26-19(24)13-15-8-10-16(11-9-15)22-18(23)14-17(20(22)25)21(5-2)6-3/h8-11,17H,4-7,12-14H2,1-3H3. The molecule has 6 nitrogen and oxygen atoms in total. The van der Waals surface area contributed by atoms with Crippen LogP contribution in [0.2, 0.25) is 0 Å². The summed E-state index contributed by atoms with van der Waals surface area (Å²) in [4.78, 5) is 40.0. The molecule has 1 fully saturated rings. The number of esters is 1.